The molecule has 10 aromatic carbocycles. The molecule has 0 radical (unpaired) electrons. The molecule has 17 nitrogen and oxygen atoms in total. The largest absolute Gasteiger partial charge is 0.494 e. The fraction of sp³-hybridized carbons (Fsp3) is 0.108. The topological polar surface area (TPSA) is 198 Å². The van der Waals surface area contributed by atoms with E-state index in [0.717, 1.165) is 66.3 Å². The highest BCUT2D eigenvalue weighted by atomic mass is 16.6. The molecule has 10 aromatic rings. The summed E-state index contributed by atoms with van der Waals surface area (Å²) >= 11 is 0. The summed E-state index contributed by atoms with van der Waals surface area (Å²) in [5, 5.41) is 45.6. The predicted octanol–water partition coefficient (Wildman–Crippen LogP) is 16.1. The average Bonchev–Trinajstić information content (AvgIpc) is 2.91. The van der Waals surface area contributed by atoms with Gasteiger partial charge in [-0.3, -0.25) is 29.8 Å². The molecule has 2 aliphatic carbocycles. The van der Waals surface area contributed by atoms with Gasteiger partial charge < -0.3 is 24.2 Å². The first-order valence-electron chi connectivity index (χ1n) is 26.1. The molecule has 12 rings (SSSR count). The normalized spacial score (nSPS) is 12.1. The molecule has 0 saturated carbocycles. The summed E-state index contributed by atoms with van der Waals surface area (Å²) in [6.07, 6.45) is 1.29. The van der Waals surface area contributed by atoms with Gasteiger partial charge in [-0.15, -0.1) is 10.2 Å². The van der Waals surface area contributed by atoms with Gasteiger partial charge in [-0.1, -0.05) is 84.9 Å². The van der Waals surface area contributed by atoms with Gasteiger partial charge in [-0.05, 0) is 141 Å². The van der Waals surface area contributed by atoms with Crippen LogP contribution in [0.1, 0.15) is 43.0 Å². The number of non-ortho nitro benzene ring substituents is 2. The molecule has 0 saturated heterocycles. The van der Waals surface area contributed by atoms with Crippen molar-refractivity contribution in [1.29, 1.82) is 0 Å². The third-order valence-corrected chi connectivity index (χ3v) is 15.4. The summed E-state index contributed by atoms with van der Waals surface area (Å²) in [7, 11) is 8.04. The van der Waals surface area contributed by atoms with Crippen molar-refractivity contribution in [3.05, 3.63) is 236 Å². The molecule has 0 spiro atoms. The maximum absolute atomic E-state index is 14.4. The van der Waals surface area contributed by atoms with Gasteiger partial charge in [-0.2, -0.15) is 10.2 Å². The molecule has 0 atom stereocenters. The van der Waals surface area contributed by atoms with Crippen LogP contribution in [0, 0.1) is 20.2 Å². The number of nitrogens with zero attached hydrogens (tertiary/aromatic N) is 9. The van der Waals surface area contributed by atoms with Crippen LogP contribution in [0.3, 0.4) is 0 Å². The second-order valence-electron chi connectivity index (χ2n) is 19.9. The Hall–Kier alpha value is -10.9. The molecular formula is C65H49N9O8. The first kappa shape index (κ1) is 51.8. The van der Waals surface area contributed by atoms with Crippen LogP contribution in [-0.4, -0.2) is 57.0 Å². The number of carbonyl (C=O) groups is 2. The highest BCUT2D eigenvalue weighted by Gasteiger charge is 2.31. The van der Waals surface area contributed by atoms with Gasteiger partial charge >= 0.3 is 0 Å². The summed E-state index contributed by atoms with van der Waals surface area (Å²) in [5.41, 5.74) is 13.2. The monoisotopic (exact) mass is 1080 g/mol. The highest BCUT2D eigenvalue weighted by molar-refractivity contribution is 6.16. The van der Waals surface area contributed by atoms with Gasteiger partial charge in [0.2, 0.25) is 0 Å². The Balaban J connectivity index is 0.845. The second-order valence-corrected chi connectivity index (χ2v) is 19.9. The lowest BCUT2D eigenvalue weighted by Gasteiger charge is -2.21. The first-order chi connectivity index (χ1) is 39.8. The van der Waals surface area contributed by atoms with Crippen molar-refractivity contribution >= 4 is 90.2 Å². The Bertz CT molecular complexity index is 4090. The molecule has 0 heterocycles. The molecule has 2 aliphatic rings. The maximum Gasteiger partial charge on any atom is 0.271 e. The first-order valence-corrected chi connectivity index (χ1v) is 26.1. The number of azo groups is 2. The Morgan fingerprint density at radius 2 is 0.854 bits per heavy atom. The molecule has 0 aromatic heterocycles. The van der Waals surface area contributed by atoms with Gasteiger partial charge in [-0.25, -0.2) is 0 Å². The number of ether oxygens (including phenoxy) is 2. The Labute approximate surface area is 469 Å². The molecule has 402 valence electrons. The molecule has 0 unspecified atom stereocenters. The van der Waals surface area contributed by atoms with Crippen molar-refractivity contribution in [1.82, 2.24) is 0 Å². The Kier molecular flexibility index (Phi) is 13.3. The summed E-state index contributed by atoms with van der Waals surface area (Å²) in [4.78, 5) is 55.9. The number of fused-ring (bicyclic) bond motifs is 10. The van der Waals surface area contributed by atoms with Crippen LogP contribution in [0.25, 0.3) is 43.8 Å². The van der Waals surface area contributed by atoms with Crippen molar-refractivity contribution in [3.63, 3.8) is 0 Å². The van der Waals surface area contributed by atoms with Gasteiger partial charge in [0.1, 0.15) is 11.4 Å². The third kappa shape index (κ3) is 9.14. The smallest absolute Gasteiger partial charge is 0.271 e. The van der Waals surface area contributed by atoms with E-state index in [9.17, 15) is 29.8 Å². The molecule has 0 fully saturated rings. The van der Waals surface area contributed by atoms with E-state index in [2.05, 4.69) is 36.4 Å². The molecular weight excluding hydrogens is 1030 g/mol. The zero-order valence-corrected chi connectivity index (χ0v) is 45.0. The second kappa shape index (κ2) is 21.0. The Morgan fingerprint density at radius 3 is 1.24 bits per heavy atom. The number of rotatable bonds is 14. The number of carbonyl (C=O) groups excluding carboxylic acids is 2. The molecule has 0 N–H and O–H groups in total. The number of anilines is 4. The van der Waals surface area contributed by atoms with E-state index < -0.39 is 21.7 Å². The fourth-order valence-electron chi connectivity index (χ4n) is 11.2. The highest BCUT2D eigenvalue weighted by Crippen LogP contribution is 2.50. The third-order valence-electron chi connectivity index (χ3n) is 15.4. The van der Waals surface area contributed by atoms with E-state index in [-0.39, 0.29) is 34.0 Å². The van der Waals surface area contributed by atoms with E-state index in [1.54, 1.807) is 38.4 Å². The standard InChI is InChI=1S/C65H49N9O8/c1-70(44-26-22-42(23-27-44)66-68-60-58-40(20-30-52-50-18-8-6-12-38(50)32-54(52)58)34-56(62(60)81-4)64(75)71(2)46-14-10-16-48(36-46)73(77)78)45-28-24-43(25-29-45)67-69-61-59-41(21-31-53-51-19-9-7-13-39(51)33-55(53)59)35-57(63(61)82-5)65(76)72(3)47-15-11-17-49(37-47)74(79)80/h6-31,34-37H,32-33H2,1-5H3. The number of nitro groups is 2. The summed E-state index contributed by atoms with van der Waals surface area (Å²) in [6.45, 7) is 0. The minimum atomic E-state index is -0.500. The van der Waals surface area contributed by atoms with Crippen LogP contribution in [0.15, 0.2) is 202 Å². The van der Waals surface area contributed by atoms with Crippen LogP contribution in [0.4, 0.5) is 56.9 Å². The van der Waals surface area contributed by atoms with E-state index >= 15 is 0 Å². The lowest BCUT2D eigenvalue weighted by Crippen LogP contribution is -2.26. The van der Waals surface area contributed by atoms with Crippen LogP contribution in [0.5, 0.6) is 11.5 Å². The van der Waals surface area contributed by atoms with Crippen LogP contribution < -0.4 is 24.2 Å². The van der Waals surface area contributed by atoms with Crippen LogP contribution in [-0.2, 0) is 12.8 Å². The molecule has 0 aliphatic heterocycles. The van der Waals surface area contributed by atoms with Crippen LogP contribution >= 0.6 is 0 Å². The summed E-state index contributed by atoms with van der Waals surface area (Å²) in [6, 6.07) is 55.0. The number of hydrogen-bond acceptors (Lipinski definition) is 13. The van der Waals surface area contributed by atoms with Crippen LogP contribution in [0.2, 0.25) is 0 Å². The predicted molar refractivity (Wildman–Crippen MR) is 318 cm³/mol. The van der Waals surface area contributed by atoms with Crippen molar-refractivity contribution in [2.75, 3.05) is 50.1 Å². The van der Waals surface area contributed by atoms with E-state index in [1.165, 1.54) is 71.5 Å². The average molecular weight is 1080 g/mol. The molecule has 0 bridgehead atoms. The quantitative estimate of drug-likeness (QED) is 0.0577. The van der Waals surface area contributed by atoms with Gasteiger partial charge in [0.15, 0.2) is 11.5 Å². The van der Waals surface area contributed by atoms with Gasteiger partial charge in [0, 0.05) is 67.6 Å². The minimum Gasteiger partial charge on any atom is -0.494 e. The van der Waals surface area contributed by atoms with Gasteiger partial charge in [0.05, 0.1) is 57.9 Å². The maximum atomic E-state index is 14.4. The van der Waals surface area contributed by atoms with Crippen molar-refractivity contribution < 1.29 is 28.9 Å². The minimum absolute atomic E-state index is 0.142. The number of nitro benzene ring substituents is 2. The van der Waals surface area contributed by atoms with E-state index in [0.29, 0.717) is 47.0 Å². The van der Waals surface area contributed by atoms with Gasteiger partial charge in [0.25, 0.3) is 23.2 Å². The van der Waals surface area contributed by atoms with Crippen molar-refractivity contribution in [2.24, 2.45) is 20.5 Å². The SMILES string of the molecule is COc1c(C(=O)N(C)c2cccc([N+](=O)[O-])c2)cc2ccc3c(c2c1N=Nc1ccc(N(C)c2ccc(N=Nc4c(OC)c(C(=O)N(C)c5cccc([N+](=O)[O-])c5)cc5ccc6c(c45)Cc4ccccc4-6)cc2)cc1)Cc1ccccc1-3. The number of amides is 2. The number of hydrogen-bond donors (Lipinski definition) is 0. The van der Waals surface area contributed by atoms with Crippen molar-refractivity contribution in [2.45, 2.75) is 12.8 Å². The number of benzene rings is 10. The molecule has 17 heteroatoms. The number of methoxy groups -OCH3 is 2. The molecule has 2 amide bonds. The fourth-order valence-corrected chi connectivity index (χ4v) is 11.2. The summed E-state index contributed by atoms with van der Waals surface area (Å²) < 4.78 is 12.1. The van der Waals surface area contributed by atoms with E-state index in [1.807, 2.05) is 96.9 Å². The Morgan fingerprint density at radius 1 is 0.451 bits per heavy atom. The molecule has 82 heavy (non-hydrogen) atoms. The zero-order valence-electron chi connectivity index (χ0n) is 45.0. The zero-order chi connectivity index (χ0) is 56.9. The van der Waals surface area contributed by atoms with E-state index in [4.69, 9.17) is 29.9 Å². The lowest BCUT2D eigenvalue weighted by molar-refractivity contribution is -0.385. The summed E-state index contributed by atoms with van der Waals surface area (Å²) in [5.74, 6) is -0.458. The lowest BCUT2D eigenvalue weighted by atomic mass is 9.95. The van der Waals surface area contributed by atoms with Crippen molar-refractivity contribution in [3.8, 4) is 33.8 Å².